The number of halogens is 2. The predicted octanol–water partition coefficient (Wildman–Crippen LogP) is 1.50. The number of likely N-dealkylation sites (N-methyl/N-ethyl adjacent to an activating group) is 1. The van der Waals surface area contributed by atoms with E-state index in [4.69, 9.17) is 16.7 Å². The minimum absolute atomic E-state index is 0.0874. The zero-order chi connectivity index (χ0) is 16.0. The van der Waals surface area contributed by atoms with Gasteiger partial charge < -0.3 is 14.9 Å². The van der Waals surface area contributed by atoms with E-state index in [1.807, 2.05) is 19.0 Å². The molecule has 1 rings (SSSR count). The maximum absolute atomic E-state index is 13.7. The van der Waals surface area contributed by atoms with Gasteiger partial charge in [-0.1, -0.05) is 17.7 Å². The maximum Gasteiger partial charge on any atom is 0.323 e. The molecule has 0 bridgehead atoms. The molecule has 21 heavy (non-hydrogen) atoms. The number of carbonyl (C=O) groups excluding carboxylic acids is 1. The molecule has 116 valence electrons. The van der Waals surface area contributed by atoms with Crippen molar-refractivity contribution in [1.29, 1.82) is 0 Å². The van der Waals surface area contributed by atoms with Gasteiger partial charge in [0.05, 0.1) is 6.42 Å². The molecule has 7 heteroatoms. The van der Waals surface area contributed by atoms with Crippen LogP contribution >= 0.6 is 11.6 Å². The van der Waals surface area contributed by atoms with Crippen LogP contribution in [-0.2, 0) is 16.0 Å². The number of carbonyl (C=O) groups is 2. The van der Waals surface area contributed by atoms with Crippen LogP contribution in [0.4, 0.5) is 4.39 Å². The second-order valence-electron chi connectivity index (χ2n) is 4.89. The first-order valence-electron chi connectivity index (χ1n) is 6.38. The summed E-state index contributed by atoms with van der Waals surface area (Å²) in [6.07, 6.45) is -0.258. The van der Waals surface area contributed by atoms with Crippen molar-refractivity contribution in [2.75, 3.05) is 33.7 Å². The molecule has 0 heterocycles. The minimum atomic E-state index is -1.11. The zero-order valence-corrected chi connectivity index (χ0v) is 12.7. The lowest BCUT2D eigenvalue weighted by Gasteiger charge is -2.23. The Kier molecular flexibility index (Phi) is 6.58. The lowest BCUT2D eigenvalue weighted by atomic mass is 10.1. The van der Waals surface area contributed by atoms with Crippen LogP contribution in [0.1, 0.15) is 5.56 Å². The van der Waals surface area contributed by atoms with Crippen molar-refractivity contribution in [3.8, 4) is 0 Å². The summed E-state index contributed by atoms with van der Waals surface area (Å²) in [5, 5.41) is 9.02. The highest BCUT2D eigenvalue weighted by Crippen LogP contribution is 2.20. The number of hydrogen-bond acceptors (Lipinski definition) is 3. The molecule has 1 amide bonds. The summed E-state index contributed by atoms with van der Waals surface area (Å²) in [7, 11) is 3.63. The average Bonchev–Trinajstić information content (AvgIpc) is 2.38. The smallest absolute Gasteiger partial charge is 0.323 e. The Hall–Kier alpha value is -1.66. The highest BCUT2D eigenvalue weighted by molar-refractivity contribution is 6.31. The molecule has 0 aliphatic rings. The van der Waals surface area contributed by atoms with Gasteiger partial charge in [0.15, 0.2) is 0 Å². The van der Waals surface area contributed by atoms with Gasteiger partial charge >= 0.3 is 5.97 Å². The van der Waals surface area contributed by atoms with E-state index in [1.165, 1.54) is 23.1 Å². The molecular weight excluding hydrogens is 299 g/mol. The molecule has 0 aliphatic heterocycles. The van der Waals surface area contributed by atoms with Crippen LogP contribution < -0.4 is 0 Å². The number of amides is 1. The number of carboxylic acids is 1. The maximum atomic E-state index is 13.7. The Morgan fingerprint density at radius 2 is 1.95 bits per heavy atom. The summed E-state index contributed by atoms with van der Waals surface area (Å²) in [5.41, 5.74) is 0.0874. The number of hydrogen-bond donors (Lipinski definition) is 1. The van der Waals surface area contributed by atoms with Crippen LogP contribution in [0, 0.1) is 5.82 Å². The minimum Gasteiger partial charge on any atom is -0.480 e. The average molecular weight is 317 g/mol. The predicted molar refractivity (Wildman–Crippen MR) is 77.9 cm³/mol. The van der Waals surface area contributed by atoms with Crippen molar-refractivity contribution in [2.24, 2.45) is 0 Å². The highest BCUT2D eigenvalue weighted by Gasteiger charge is 2.20. The monoisotopic (exact) mass is 316 g/mol. The van der Waals surface area contributed by atoms with Crippen molar-refractivity contribution in [2.45, 2.75) is 6.42 Å². The number of carboxylic acid groups (broad SMARTS) is 1. The molecule has 1 aromatic rings. The van der Waals surface area contributed by atoms with Gasteiger partial charge in [-0.25, -0.2) is 4.39 Å². The molecule has 0 saturated carbocycles. The van der Waals surface area contributed by atoms with E-state index in [9.17, 15) is 14.0 Å². The van der Waals surface area contributed by atoms with Gasteiger partial charge in [0.1, 0.15) is 12.4 Å². The molecule has 0 radical (unpaired) electrons. The van der Waals surface area contributed by atoms with E-state index in [2.05, 4.69) is 0 Å². The second-order valence-corrected chi connectivity index (χ2v) is 5.30. The number of aliphatic carboxylic acids is 1. The lowest BCUT2D eigenvalue weighted by molar-refractivity contribution is -0.144. The molecule has 0 aliphatic carbocycles. The topological polar surface area (TPSA) is 60.9 Å². The molecule has 0 saturated heterocycles. The summed E-state index contributed by atoms with van der Waals surface area (Å²) >= 11 is 5.88. The highest BCUT2D eigenvalue weighted by atomic mass is 35.5. The Balaban J connectivity index is 2.82. The van der Waals surface area contributed by atoms with E-state index in [0.717, 1.165) is 0 Å². The molecule has 0 aromatic heterocycles. The van der Waals surface area contributed by atoms with E-state index < -0.39 is 24.2 Å². The molecule has 0 atom stereocenters. The molecule has 1 N–H and O–H groups in total. The zero-order valence-electron chi connectivity index (χ0n) is 12.0. The SMILES string of the molecule is CN(C)CCN(CC(=O)O)C(=O)Cc1c(F)cccc1Cl. The van der Waals surface area contributed by atoms with E-state index >= 15 is 0 Å². The standard InChI is InChI=1S/C14H18ClFN2O3/c1-17(2)6-7-18(9-14(20)21)13(19)8-10-11(15)4-3-5-12(10)16/h3-5H,6-9H2,1-2H3,(H,20,21). The van der Waals surface area contributed by atoms with Crippen molar-refractivity contribution >= 4 is 23.5 Å². The van der Waals surface area contributed by atoms with Crippen LogP contribution in [-0.4, -0.2) is 60.5 Å². The molecule has 0 fully saturated rings. The Morgan fingerprint density at radius 3 is 2.48 bits per heavy atom. The summed E-state index contributed by atoms with van der Waals surface area (Å²) in [4.78, 5) is 26.0. The van der Waals surface area contributed by atoms with Crippen molar-refractivity contribution in [3.05, 3.63) is 34.6 Å². The van der Waals surface area contributed by atoms with Gasteiger partial charge in [0.25, 0.3) is 0 Å². The first-order chi connectivity index (χ1) is 9.81. The summed E-state index contributed by atoms with van der Waals surface area (Å²) in [6, 6.07) is 4.16. The third-order valence-corrected chi connectivity index (χ3v) is 3.24. The third kappa shape index (κ3) is 5.69. The lowest BCUT2D eigenvalue weighted by Crippen LogP contribution is -2.40. The first-order valence-corrected chi connectivity index (χ1v) is 6.76. The second kappa shape index (κ2) is 7.95. The summed E-state index contributed by atoms with van der Waals surface area (Å²) < 4.78 is 13.7. The van der Waals surface area contributed by atoms with Gasteiger partial charge in [-0.05, 0) is 26.2 Å². The normalized spacial score (nSPS) is 10.7. The molecule has 5 nitrogen and oxygen atoms in total. The van der Waals surface area contributed by atoms with Crippen LogP contribution in [0.2, 0.25) is 5.02 Å². The van der Waals surface area contributed by atoms with Crippen LogP contribution in [0.15, 0.2) is 18.2 Å². The Bertz CT molecular complexity index is 503. The van der Waals surface area contributed by atoms with Gasteiger partial charge in [-0.15, -0.1) is 0 Å². The fourth-order valence-electron chi connectivity index (χ4n) is 1.74. The number of rotatable bonds is 7. The molecule has 1 aromatic carbocycles. The molecule has 0 spiro atoms. The van der Waals surface area contributed by atoms with E-state index in [1.54, 1.807) is 0 Å². The van der Waals surface area contributed by atoms with Crippen molar-refractivity contribution in [1.82, 2.24) is 9.80 Å². The van der Waals surface area contributed by atoms with Crippen LogP contribution in [0.5, 0.6) is 0 Å². The van der Waals surface area contributed by atoms with Gasteiger partial charge in [0, 0.05) is 23.7 Å². The summed E-state index contributed by atoms with van der Waals surface area (Å²) in [5.74, 6) is -2.15. The molecule has 0 unspecified atom stereocenters. The summed E-state index contributed by atoms with van der Waals surface area (Å²) in [6.45, 7) is 0.354. The van der Waals surface area contributed by atoms with E-state index in [-0.39, 0.29) is 23.6 Å². The fourth-order valence-corrected chi connectivity index (χ4v) is 1.97. The van der Waals surface area contributed by atoms with Crippen molar-refractivity contribution in [3.63, 3.8) is 0 Å². The Labute approximate surface area is 127 Å². The first kappa shape index (κ1) is 17.4. The van der Waals surface area contributed by atoms with Crippen molar-refractivity contribution < 1.29 is 19.1 Å². The quantitative estimate of drug-likeness (QED) is 0.828. The van der Waals surface area contributed by atoms with Gasteiger partial charge in [0.2, 0.25) is 5.91 Å². The van der Waals surface area contributed by atoms with E-state index in [0.29, 0.717) is 6.54 Å². The van der Waals surface area contributed by atoms with Crippen LogP contribution in [0.25, 0.3) is 0 Å². The Morgan fingerprint density at radius 1 is 1.29 bits per heavy atom. The van der Waals surface area contributed by atoms with Gasteiger partial charge in [-0.2, -0.15) is 0 Å². The fraction of sp³-hybridized carbons (Fsp3) is 0.429. The number of benzene rings is 1. The van der Waals surface area contributed by atoms with Crippen LogP contribution in [0.3, 0.4) is 0 Å². The molecular formula is C14H18ClFN2O3. The third-order valence-electron chi connectivity index (χ3n) is 2.89. The largest absolute Gasteiger partial charge is 0.480 e. The number of nitrogens with zero attached hydrogens (tertiary/aromatic N) is 2. The van der Waals surface area contributed by atoms with Gasteiger partial charge in [-0.3, -0.25) is 9.59 Å².